The number of anilines is 1. The van der Waals surface area contributed by atoms with Crippen LogP contribution in [0.15, 0.2) is 36.9 Å². The molecule has 2 nitrogen and oxygen atoms in total. The van der Waals surface area contributed by atoms with Crippen molar-refractivity contribution in [2.45, 2.75) is 18.9 Å². The number of hydrogen-bond acceptors (Lipinski definition) is 2. The number of benzene rings is 1. The molecule has 70 valence electrons. The Morgan fingerprint density at radius 3 is 2.38 bits per heavy atom. The first kappa shape index (κ1) is 9.81. The van der Waals surface area contributed by atoms with Crippen LogP contribution in [0.5, 0.6) is 0 Å². The second kappa shape index (κ2) is 3.62. The average molecular weight is 176 g/mol. The van der Waals surface area contributed by atoms with Crippen molar-refractivity contribution >= 4 is 5.69 Å². The van der Waals surface area contributed by atoms with E-state index < -0.39 is 0 Å². The number of hydrogen-bond donors (Lipinski definition) is 2. The van der Waals surface area contributed by atoms with Gasteiger partial charge in [0.05, 0.1) is 0 Å². The largest absolute Gasteiger partial charge is 0.399 e. The molecule has 0 amide bonds. The highest BCUT2D eigenvalue weighted by Crippen LogP contribution is 2.22. The van der Waals surface area contributed by atoms with Crippen LogP contribution < -0.4 is 11.5 Å². The van der Waals surface area contributed by atoms with E-state index in [-0.39, 0.29) is 5.54 Å². The first-order valence-corrected chi connectivity index (χ1v) is 4.32. The van der Waals surface area contributed by atoms with Gasteiger partial charge in [-0.1, -0.05) is 18.2 Å². The van der Waals surface area contributed by atoms with Gasteiger partial charge in [0, 0.05) is 11.2 Å². The molecule has 0 bridgehead atoms. The van der Waals surface area contributed by atoms with E-state index in [1.165, 1.54) is 0 Å². The lowest BCUT2D eigenvalue weighted by Gasteiger charge is -2.23. The Morgan fingerprint density at radius 1 is 1.38 bits per heavy atom. The Kier molecular flexibility index (Phi) is 2.73. The van der Waals surface area contributed by atoms with Crippen LogP contribution in [-0.4, -0.2) is 0 Å². The molecular formula is C11H16N2. The first-order chi connectivity index (χ1) is 6.06. The van der Waals surface area contributed by atoms with Crippen molar-refractivity contribution in [2.24, 2.45) is 5.73 Å². The number of nitrogen functional groups attached to an aromatic ring is 1. The van der Waals surface area contributed by atoms with Crippen LogP contribution in [0, 0.1) is 0 Å². The molecule has 0 spiro atoms. The van der Waals surface area contributed by atoms with E-state index in [0.29, 0.717) is 0 Å². The summed E-state index contributed by atoms with van der Waals surface area (Å²) in [7, 11) is 0. The van der Waals surface area contributed by atoms with Crippen LogP contribution in [0.2, 0.25) is 0 Å². The maximum absolute atomic E-state index is 6.09. The molecule has 1 aromatic rings. The van der Waals surface area contributed by atoms with Crippen molar-refractivity contribution in [3.05, 3.63) is 42.5 Å². The van der Waals surface area contributed by atoms with Gasteiger partial charge in [0.1, 0.15) is 0 Å². The minimum Gasteiger partial charge on any atom is -0.399 e. The van der Waals surface area contributed by atoms with Gasteiger partial charge >= 0.3 is 0 Å². The van der Waals surface area contributed by atoms with Crippen molar-refractivity contribution in [1.82, 2.24) is 0 Å². The maximum atomic E-state index is 6.09. The van der Waals surface area contributed by atoms with Gasteiger partial charge in [0.15, 0.2) is 0 Å². The van der Waals surface area contributed by atoms with Crippen LogP contribution in [0.4, 0.5) is 5.69 Å². The topological polar surface area (TPSA) is 52.0 Å². The summed E-state index contributed by atoms with van der Waals surface area (Å²) in [5, 5.41) is 0. The Bertz CT molecular complexity index is 285. The molecule has 1 rings (SSSR count). The zero-order valence-corrected chi connectivity index (χ0v) is 7.96. The van der Waals surface area contributed by atoms with E-state index in [4.69, 9.17) is 11.5 Å². The summed E-state index contributed by atoms with van der Waals surface area (Å²) >= 11 is 0. The van der Waals surface area contributed by atoms with Crippen molar-refractivity contribution in [1.29, 1.82) is 0 Å². The zero-order valence-electron chi connectivity index (χ0n) is 7.96. The van der Waals surface area contributed by atoms with Gasteiger partial charge in [0.2, 0.25) is 0 Å². The van der Waals surface area contributed by atoms with E-state index in [9.17, 15) is 0 Å². The van der Waals surface area contributed by atoms with Crippen molar-refractivity contribution in [3.8, 4) is 0 Å². The van der Waals surface area contributed by atoms with Gasteiger partial charge in [0.25, 0.3) is 0 Å². The maximum Gasteiger partial charge on any atom is 0.0415 e. The fraction of sp³-hybridized carbons (Fsp3) is 0.273. The summed E-state index contributed by atoms with van der Waals surface area (Å²) in [6, 6.07) is 7.64. The zero-order chi connectivity index (χ0) is 9.90. The summed E-state index contributed by atoms with van der Waals surface area (Å²) in [4.78, 5) is 0. The molecule has 0 aromatic heterocycles. The second-order valence-electron chi connectivity index (χ2n) is 3.53. The van der Waals surface area contributed by atoms with Gasteiger partial charge in [-0.25, -0.2) is 0 Å². The van der Waals surface area contributed by atoms with Crippen LogP contribution >= 0.6 is 0 Å². The summed E-state index contributed by atoms with van der Waals surface area (Å²) in [5.41, 5.74) is 13.2. The van der Waals surface area contributed by atoms with E-state index >= 15 is 0 Å². The smallest absolute Gasteiger partial charge is 0.0415 e. The predicted molar refractivity (Wildman–Crippen MR) is 57.2 cm³/mol. The Morgan fingerprint density at radius 2 is 1.92 bits per heavy atom. The second-order valence-corrected chi connectivity index (χ2v) is 3.53. The van der Waals surface area contributed by atoms with Crippen LogP contribution in [0.1, 0.15) is 18.9 Å². The Labute approximate surface area is 79.2 Å². The normalized spacial score (nSPS) is 14.9. The molecule has 0 radical (unpaired) electrons. The van der Waals surface area contributed by atoms with Gasteiger partial charge in [-0.2, -0.15) is 0 Å². The van der Waals surface area contributed by atoms with Crippen molar-refractivity contribution in [2.75, 3.05) is 5.73 Å². The average Bonchev–Trinajstić information content (AvgIpc) is 2.05. The number of rotatable bonds is 3. The quantitative estimate of drug-likeness (QED) is 0.547. The minimum atomic E-state index is -0.338. The fourth-order valence-corrected chi connectivity index (χ4v) is 1.28. The molecule has 0 aliphatic heterocycles. The molecule has 4 N–H and O–H groups in total. The number of nitrogens with two attached hydrogens (primary N) is 2. The van der Waals surface area contributed by atoms with Crippen LogP contribution in [0.25, 0.3) is 0 Å². The van der Waals surface area contributed by atoms with Crippen LogP contribution in [0.3, 0.4) is 0 Å². The summed E-state index contributed by atoms with van der Waals surface area (Å²) in [5.74, 6) is 0. The Balaban J connectivity index is 2.93. The van der Waals surface area contributed by atoms with E-state index in [1.54, 1.807) is 0 Å². The summed E-state index contributed by atoms with van der Waals surface area (Å²) in [6.45, 7) is 5.67. The highest BCUT2D eigenvalue weighted by Gasteiger charge is 2.18. The summed E-state index contributed by atoms with van der Waals surface area (Å²) in [6.07, 6.45) is 2.59. The fourth-order valence-electron chi connectivity index (χ4n) is 1.28. The SMILES string of the molecule is C=CC[C@@](C)(N)c1ccc(N)cc1. The Hall–Kier alpha value is -1.28. The van der Waals surface area contributed by atoms with E-state index in [2.05, 4.69) is 6.58 Å². The lowest BCUT2D eigenvalue weighted by molar-refractivity contribution is 0.502. The van der Waals surface area contributed by atoms with E-state index in [0.717, 1.165) is 17.7 Å². The molecule has 0 fully saturated rings. The highest BCUT2D eigenvalue weighted by molar-refractivity contribution is 5.41. The third-order valence-electron chi connectivity index (χ3n) is 2.14. The van der Waals surface area contributed by atoms with Gasteiger partial charge in [-0.15, -0.1) is 6.58 Å². The van der Waals surface area contributed by atoms with Gasteiger partial charge in [-0.3, -0.25) is 0 Å². The third-order valence-corrected chi connectivity index (χ3v) is 2.14. The monoisotopic (exact) mass is 176 g/mol. The molecule has 2 heteroatoms. The molecule has 0 saturated heterocycles. The van der Waals surface area contributed by atoms with Gasteiger partial charge < -0.3 is 11.5 Å². The molecular weight excluding hydrogens is 160 g/mol. The van der Waals surface area contributed by atoms with Crippen LogP contribution in [-0.2, 0) is 5.54 Å². The molecule has 1 atom stereocenters. The summed E-state index contributed by atoms with van der Waals surface area (Å²) < 4.78 is 0. The minimum absolute atomic E-state index is 0.338. The molecule has 13 heavy (non-hydrogen) atoms. The van der Waals surface area contributed by atoms with E-state index in [1.807, 2.05) is 37.3 Å². The predicted octanol–water partition coefficient (Wildman–Crippen LogP) is 2.02. The third kappa shape index (κ3) is 2.33. The molecule has 0 heterocycles. The molecule has 0 aliphatic rings. The van der Waals surface area contributed by atoms with Gasteiger partial charge in [-0.05, 0) is 31.0 Å². The first-order valence-electron chi connectivity index (χ1n) is 4.32. The lowest BCUT2D eigenvalue weighted by atomic mass is 9.90. The van der Waals surface area contributed by atoms with Crippen molar-refractivity contribution in [3.63, 3.8) is 0 Å². The standard InChI is InChI=1S/C11H16N2/c1-3-8-11(2,13)9-4-6-10(12)7-5-9/h3-7H,1,8,12-13H2,2H3/t11-/m1/s1. The lowest BCUT2D eigenvalue weighted by Crippen LogP contribution is -2.32. The highest BCUT2D eigenvalue weighted by atomic mass is 14.7. The van der Waals surface area contributed by atoms with Crippen molar-refractivity contribution < 1.29 is 0 Å². The molecule has 0 unspecified atom stereocenters. The molecule has 1 aromatic carbocycles. The molecule has 0 aliphatic carbocycles. The molecule has 0 saturated carbocycles.